The molecule has 0 aliphatic heterocycles. The van der Waals surface area contributed by atoms with Crippen LogP contribution in [0, 0.1) is 0 Å². The first-order chi connectivity index (χ1) is 10.5. The largest absolute Gasteiger partial charge is 0.382 e. The minimum atomic E-state index is -0.396. The van der Waals surface area contributed by atoms with Gasteiger partial charge in [0.05, 0.1) is 5.70 Å². The van der Waals surface area contributed by atoms with Gasteiger partial charge in [-0.25, -0.2) is 0 Å². The number of hydrogen-bond acceptors (Lipinski definition) is 4. The van der Waals surface area contributed by atoms with Crippen LogP contribution >= 0.6 is 0 Å². The van der Waals surface area contributed by atoms with Crippen LogP contribution in [0.15, 0.2) is 29.8 Å². The molecule has 0 radical (unpaired) electrons. The summed E-state index contributed by atoms with van der Waals surface area (Å²) in [7, 11) is 0. The van der Waals surface area contributed by atoms with Gasteiger partial charge in [0, 0.05) is 29.3 Å². The highest BCUT2D eigenvalue weighted by molar-refractivity contribution is 6.52. The summed E-state index contributed by atoms with van der Waals surface area (Å²) in [6.45, 7) is 10.4. The van der Waals surface area contributed by atoms with Crippen LogP contribution in [-0.2, 0) is 4.79 Å². The van der Waals surface area contributed by atoms with E-state index in [9.17, 15) is 9.59 Å². The molecule has 0 spiro atoms. The minimum absolute atomic E-state index is 0.191. The van der Waals surface area contributed by atoms with Crippen LogP contribution < -0.4 is 5.32 Å². The van der Waals surface area contributed by atoms with Crippen molar-refractivity contribution in [1.29, 1.82) is 0 Å². The van der Waals surface area contributed by atoms with E-state index in [0.29, 0.717) is 17.7 Å². The standard InChI is InChI=1S/C18H24N2O2/c1-5-20(6-2)11-15-16(19-12(3)4)13-9-7-8-10-14(13)17(21)18(15)22/h7-10,12,19H,5-6,11H2,1-4H3. The highest BCUT2D eigenvalue weighted by Crippen LogP contribution is 2.28. The van der Waals surface area contributed by atoms with Crippen LogP contribution in [0.4, 0.5) is 0 Å². The summed E-state index contributed by atoms with van der Waals surface area (Å²) in [6.07, 6.45) is 0. The molecule has 0 saturated heterocycles. The van der Waals surface area contributed by atoms with Gasteiger partial charge in [0.25, 0.3) is 0 Å². The van der Waals surface area contributed by atoms with Gasteiger partial charge in [-0.15, -0.1) is 0 Å². The lowest BCUT2D eigenvalue weighted by Crippen LogP contribution is -2.37. The first kappa shape index (κ1) is 16.4. The van der Waals surface area contributed by atoms with Gasteiger partial charge in [0.15, 0.2) is 0 Å². The summed E-state index contributed by atoms with van der Waals surface area (Å²) in [5, 5.41) is 3.37. The average Bonchev–Trinajstić information content (AvgIpc) is 2.52. The van der Waals surface area contributed by atoms with Gasteiger partial charge in [-0.05, 0) is 26.9 Å². The van der Waals surface area contributed by atoms with Crippen molar-refractivity contribution in [3.05, 3.63) is 41.0 Å². The fourth-order valence-corrected chi connectivity index (χ4v) is 2.71. The zero-order valence-electron chi connectivity index (χ0n) is 13.8. The van der Waals surface area contributed by atoms with Crippen molar-refractivity contribution in [3.8, 4) is 0 Å². The molecule has 4 nitrogen and oxygen atoms in total. The van der Waals surface area contributed by atoms with Gasteiger partial charge in [0.2, 0.25) is 11.6 Å². The van der Waals surface area contributed by atoms with E-state index in [0.717, 1.165) is 24.4 Å². The van der Waals surface area contributed by atoms with Gasteiger partial charge >= 0.3 is 0 Å². The van der Waals surface area contributed by atoms with Crippen molar-refractivity contribution in [2.24, 2.45) is 0 Å². The Morgan fingerprint density at radius 3 is 2.14 bits per heavy atom. The Morgan fingerprint density at radius 1 is 1.00 bits per heavy atom. The molecule has 0 unspecified atom stereocenters. The lowest BCUT2D eigenvalue weighted by atomic mass is 9.86. The number of hydrogen-bond donors (Lipinski definition) is 1. The number of Topliss-reactive ketones (excluding diaryl/α,β-unsaturated/α-hetero) is 2. The molecule has 1 aromatic carbocycles. The fraction of sp³-hybridized carbons (Fsp3) is 0.444. The Balaban J connectivity index is 2.57. The zero-order valence-corrected chi connectivity index (χ0v) is 13.8. The highest BCUT2D eigenvalue weighted by atomic mass is 16.2. The van der Waals surface area contributed by atoms with E-state index >= 15 is 0 Å². The molecule has 0 atom stereocenters. The van der Waals surface area contributed by atoms with Crippen molar-refractivity contribution < 1.29 is 9.59 Å². The smallest absolute Gasteiger partial charge is 0.233 e. The predicted octanol–water partition coefficient (Wildman–Crippen LogP) is 2.50. The molecule has 0 fully saturated rings. The number of likely N-dealkylation sites (N-methyl/N-ethyl adjacent to an activating group) is 1. The van der Waals surface area contributed by atoms with Gasteiger partial charge in [-0.3, -0.25) is 14.5 Å². The summed E-state index contributed by atoms with van der Waals surface area (Å²) in [5.74, 6) is -0.777. The summed E-state index contributed by atoms with van der Waals surface area (Å²) < 4.78 is 0. The third-order valence-electron chi connectivity index (χ3n) is 3.93. The number of fused-ring (bicyclic) bond motifs is 1. The Kier molecular flexibility index (Phi) is 5.14. The van der Waals surface area contributed by atoms with Crippen LogP contribution in [-0.4, -0.2) is 42.1 Å². The molecule has 4 heteroatoms. The van der Waals surface area contributed by atoms with E-state index in [-0.39, 0.29) is 11.8 Å². The van der Waals surface area contributed by atoms with Crippen molar-refractivity contribution in [2.75, 3.05) is 19.6 Å². The van der Waals surface area contributed by atoms with Gasteiger partial charge in [-0.2, -0.15) is 0 Å². The lowest BCUT2D eigenvalue weighted by molar-refractivity contribution is -0.112. The van der Waals surface area contributed by atoms with Crippen molar-refractivity contribution >= 4 is 17.3 Å². The summed E-state index contributed by atoms with van der Waals surface area (Å²) in [4.78, 5) is 27.1. The van der Waals surface area contributed by atoms with E-state index in [1.54, 1.807) is 12.1 Å². The number of rotatable bonds is 6. The molecule has 118 valence electrons. The topological polar surface area (TPSA) is 49.4 Å². The summed E-state index contributed by atoms with van der Waals surface area (Å²) >= 11 is 0. The molecule has 0 aromatic heterocycles. The second-order valence-corrected chi connectivity index (χ2v) is 5.82. The Morgan fingerprint density at radius 2 is 1.59 bits per heavy atom. The van der Waals surface area contributed by atoms with Crippen molar-refractivity contribution in [1.82, 2.24) is 10.2 Å². The Bertz CT molecular complexity index is 613. The van der Waals surface area contributed by atoms with E-state index < -0.39 is 5.78 Å². The molecule has 1 aromatic rings. The Labute approximate surface area is 132 Å². The van der Waals surface area contributed by atoms with Crippen molar-refractivity contribution in [3.63, 3.8) is 0 Å². The Hall–Kier alpha value is -1.94. The van der Waals surface area contributed by atoms with E-state index in [1.807, 2.05) is 26.0 Å². The molecular weight excluding hydrogens is 276 g/mol. The van der Waals surface area contributed by atoms with Gasteiger partial charge < -0.3 is 5.32 Å². The molecule has 22 heavy (non-hydrogen) atoms. The fourth-order valence-electron chi connectivity index (χ4n) is 2.71. The number of benzene rings is 1. The number of nitrogens with one attached hydrogen (secondary N) is 1. The van der Waals surface area contributed by atoms with Gasteiger partial charge in [0.1, 0.15) is 0 Å². The van der Waals surface area contributed by atoms with Crippen molar-refractivity contribution in [2.45, 2.75) is 33.7 Å². The quantitative estimate of drug-likeness (QED) is 0.820. The SMILES string of the molecule is CCN(CC)CC1=C(NC(C)C)c2ccccc2C(=O)C1=O. The average molecular weight is 300 g/mol. The molecule has 0 heterocycles. The van der Waals surface area contributed by atoms with Crippen LogP contribution in [0.5, 0.6) is 0 Å². The van der Waals surface area contributed by atoms with E-state index in [4.69, 9.17) is 0 Å². The molecule has 1 N–H and O–H groups in total. The van der Waals surface area contributed by atoms with Crippen LogP contribution in [0.3, 0.4) is 0 Å². The maximum Gasteiger partial charge on any atom is 0.233 e. The van der Waals surface area contributed by atoms with Crippen LogP contribution in [0.25, 0.3) is 5.70 Å². The number of nitrogens with zero attached hydrogens (tertiary/aromatic N) is 1. The molecule has 0 saturated carbocycles. The number of carbonyl (C=O) groups excluding carboxylic acids is 2. The third-order valence-corrected chi connectivity index (χ3v) is 3.93. The maximum atomic E-state index is 12.6. The maximum absolute atomic E-state index is 12.6. The second-order valence-electron chi connectivity index (χ2n) is 5.82. The highest BCUT2D eigenvalue weighted by Gasteiger charge is 2.33. The minimum Gasteiger partial charge on any atom is -0.382 e. The predicted molar refractivity (Wildman–Crippen MR) is 88.8 cm³/mol. The third kappa shape index (κ3) is 3.12. The summed E-state index contributed by atoms with van der Waals surface area (Å²) in [5.41, 5.74) is 2.73. The normalized spacial score (nSPS) is 14.8. The lowest BCUT2D eigenvalue weighted by Gasteiger charge is -2.27. The number of ketones is 2. The van der Waals surface area contributed by atoms with Crippen LogP contribution in [0.1, 0.15) is 43.6 Å². The molecule has 2 rings (SSSR count). The molecule has 1 aliphatic rings. The van der Waals surface area contributed by atoms with Crippen LogP contribution in [0.2, 0.25) is 0 Å². The van der Waals surface area contributed by atoms with Gasteiger partial charge in [-0.1, -0.05) is 38.1 Å². The number of carbonyl (C=O) groups is 2. The first-order valence-corrected chi connectivity index (χ1v) is 7.90. The zero-order chi connectivity index (χ0) is 16.3. The van der Waals surface area contributed by atoms with E-state index in [1.165, 1.54) is 0 Å². The summed E-state index contributed by atoms with van der Waals surface area (Å²) in [6, 6.07) is 7.53. The molecular formula is C18H24N2O2. The van der Waals surface area contributed by atoms with E-state index in [2.05, 4.69) is 24.1 Å². The molecule has 1 aliphatic carbocycles. The molecule has 0 bridgehead atoms. The first-order valence-electron chi connectivity index (χ1n) is 7.90. The monoisotopic (exact) mass is 300 g/mol. The second kappa shape index (κ2) is 6.88. The molecule has 0 amide bonds.